The quantitative estimate of drug-likeness (QED) is 0.862. The summed E-state index contributed by atoms with van der Waals surface area (Å²) in [5.41, 5.74) is 0.712. The van der Waals surface area contributed by atoms with Gasteiger partial charge in [-0.15, -0.1) is 0 Å². The Hall–Kier alpha value is -2.33. The number of carbonyl (C=O) groups excluding carboxylic acids is 1. The van der Waals surface area contributed by atoms with Crippen LogP contribution in [0.25, 0.3) is 6.08 Å². The molecular formula is C16H13ClFNO2. The fourth-order valence-corrected chi connectivity index (χ4v) is 1.98. The molecule has 0 aliphatic heterocycles. The van der Waals surface area contributed by atoms with Crippen molar-refractivity contribution in [3.63, 3.8) is 0 Å². The summed E-state index contributed by atoms with van der Waals surface area (Å²) in [6.07, 6.45) is 2.55. The zero-order chi connectivity index (χ0) is 15.2. The van der Waals surface area contributed by atoms with Crippen molar-refractivity contribution < 1.29 is 13.9 Å². The summed E-state index contributed by atoms with van der Waals surface area (Å²) < 4.78 is 18.7. The zero-order valence-corrected chi connectivity index (χ0v) is 12.0. The van der Waals surface area contributed by atoms with Crippen LogP contribution in [0.2, 0.25) is 5.02 Å². The Morgan fingerprint density at radius 2 is 2.00 bits per heavy atom. The molecule has 2 rings (SSSR count). The number of carbonyl (C=O) groups is 1. The molecule has 0 unspecified atom stereocenters. The third-order valence-corrected chi connectivity index (χ3v) is 3.10. The average molecular weight is 306 g/mol. The van der Waals surface area contributed by atoms with Gasteiger partial charge in [0.2, 0.25) is 5.91 Å². The van der Waals surface area contributed by atoms with Crippen LogP contribution in [0.15, 0.2) is 48.5 Å². The molecule has 0 saturated heterocycles. The van der Waals surface area contributed by atoms with Crippen LogP contribution >= 0.6 is 11.6 Å². The molecule has 0 aromatic heterocycles. The Morgan fingerprint density at radius 3 is 2.71 bits per heavy atom. The molecule has 5 heteroatoms. The van der Waals surface area contributed by atoms with Crippen molar-refractivity contribution in [1.29, 1.82) is 0 Å². The van der Waals surface area contributed by atoms with Crippen molar-refractivity contribution >= 4 is 29.3 Å². The van der Waals surface area contributed by atoms with E-state index in [2.05, 4.69) is 5.32 Å². The minimum Gasteiger partial charge on any atom is -0.495 e. The van der Waals surface area contributed by atoms with Gasteiger partial charge in [-0.3, -0.25) is 4.79 Å². The second-order valence-corrected chi connectivity index (χ2v) is 4.57. The Balaban J connectivity index is 2.13. The fraction of sp³-hybridized carbons (Fsp3) is 0.0625. The molecule has 3 nitrogen and oxygen atoms in total. The van der Waals surface area contributed by atoms with Gasteiger partial charge >= 0.3 is 0 Å². The van der Waals surface area contributed by atoms with E-state index in [1.807, 2.05) is 0 Å². The number of hydrogen-bond donors (Lipinski definition) is 1. The summed E-state index contributed by atoms with van der Waals surface area (Å²) in [6, 6.07) is 11.3. The number of halogens is 2. The number of nitrogens with one attached hydrogen (secondary N) is 1. The highest BCUT2D eigenvalue weighted by molar-refractivity contribution is 6.32. The standard InChI is InChI=1S/C16H13ClFNO2/c1-21-15-8-3-2-7-14(15)19-16(20)10-9-11-12(17)5-4-6-13(11)18/h2-10H,1H3,(H,19,20). The second-order valence-electron chi connectivity index (χ2n) is 4.16. The number of hydrogen-bond acceptors (Lipinski definition) is 2. The van der Waals surface area contributed by atoms with E-state index in [1.165, 1.54) is 31.4 Å². The van der Waals surface area contributed by atoms with E-state index in [1.54, 1.807) is 30.3 Å². The Kier molecular flexibility index (Phi) is 4.95. The smallest absolute Gasteiger partial charge is 0.248 e. The molecule has 108 valence electrons. The van der Waals surface area contributed by atoms with Gasteiger partial charge in [-0.2, -0.15) is 0 Å². The van der Waals surface area contributed by atoms with Crippen molar-refractivity contribution in [2.75, 3.05) is 12.4 Å². The molecule has 1 amide bonds. The fourth-order valence-electron chi connectivity index (χ4n) is 1.75. The lowest BCUT2D eigenvalue weighted by Gasteiger charge is -2.07. The minimum atomic E-state index is -0.483. The molecule has 1 N–H and O–H groups in total. The van der Waals surface area contributed by atoms with E-state index in [9.17, 15) is 9.18 Å². The highest BCUT2D eigenvalue weighted by atomic mass is 35.5. The molecular weight excluding hydrogens is 293 g/mol. The molecule has 0 spiro atoms. The first-order valence-electron chi connectivity index (χ1n) is 6.18. The molecule has 0 fully saturated rings. The number of benzene rings is 2. The second kappa shape index (κ2) is 6.90. The molecule has 0 atom stereocenters. The summed E-state index contributed by atoms with van der Waals surface area (Å²) >= 11 is 5.88. The SMILES string of the molecule is COc1ccccc1NC(=O)C=Cc1c(F)cccc1Cl. The maximum Gasteiger partial charge on any atom is 0.248 e. The lowest BCUT2D eigenvalue weighted by Crippen LogP contribution is -2.08. The third-order valence-electron chi connectivity index (χ3n) is 2.77. The summed E-state index contributed by atoms with van der Waals surface area (Å²) in [5, 5.41) is 2.90. The van der Waals surface area contributed by atoms with E-state index in [0.717, 1.165) is 0 Å². The number of ether oxygens (including phenoxy) is 1. The van der Waals surface area contributed by atoms with Crippen LogP contribution in [0.4, 0.5) is 10.1 Å². The van der Waals surface area contributed by atoms with Crippen molar-refractivity contribution in [3.05, 3.63) is 64.9 Å². The Labute approximate surface area is 127 Å². The first-order valence-corrected chi connectivity index (χ1v) is 6.55. The maximum absolute atomic E-state index is 13.6. The highest BCUT2D eigenvalue weighted by Crippen LogP contribution is 2.23. The first kappa shape index (κ1) is 15.1. The summed E-state index contributed by atoms with van der Waals surface area (Å²) in [6.45, 7) is 0. The van der Waals surface area contributed by atoms with Gasteiger partial charge in [0.15, 0.2) is 0 Å². The number of rotatable bonds is 4. The monoisotopic (exact) mass is 305 g/mol. The topological polar surface area (TPSA) is 38.3 Å². The van der Waals surface area contributed by atoms with E-state index in [-0.39, 0.29) is 10.6 Å². The van der Waals surface area contributed by atoms with Crippen molar-refractivity contribution in [1.82, 2.24) is 0 Å². The molecule has 0 bridgehead atoms. The number of anilines is 1. The summed E-state index contributed by atoms with van der Waals surface area (Å²) in [4.78, 5) is 11.9. The predicted octanol–water partition coefficient (Wildman–Crippen LogP) is 4.14. The molecule has 2 aromatic carbocycles. The van der Waals surface area contributed by atoms with Crippen LogP contribution in [0, 0.1) is 5.82 Å². The van der Waals surface area contributed by atoms with Crippen LogP contribution in [0.1, 0.15) is 5.56 Å². The predicted molar refractivity (Wildman–Crippen MR) is 82.1 cm³/mol. The number of amides is 1. The molecule has 0 saturated carbocycles. The van der Waals surface area contributed by atoms with Gasteiger partial charge < -0.3 is 10.1 Å². The third kappa shape index (κ3) is 3.83. The van der Waals surface area contributed by atoms with Crippen molar-refractivity contribution in [3.8, 4) is 5.75 Å². The van der Waals surface area contributed by atoms with Gasteiger partial charge in [0, 0.05) is 11.6 Å². The number of methoxy groups -OCH3 is 1. The normalized spacial score (nSPS) is 10.6. The highest BCUT2D eigenvalue weighted by Gasteiger charge is 2.06. The van der Waals surface area contributed by atoms with E-state index < -0.39 is 11.7 Å². The molecule has 0 radical (unpaired) electrons. The molecule has 0 aliphatic carbocycles. The Morgan fingerprint density at radius 1 is 1.24 bits per heavy atom. The van der Waals surface area contributed by atoms with E-state index in [0.29, 0.717) is 11.4 Å². The van der Waals surface area contributed by atoms with Gasteiger partial charge in [0.25, 0.3) is 0 Å². The van der Waals surface area contributed by atoms with Gasteiger partial charge in [-0.05, 0) is 30.3 Å². The lowest BCUT2D eigenvalue weighted by molar-refractivity contribution is -0.111. The largest absolute Gasteiger partial charge is 0.495 e. The van der Waals surface area contributed by atoms with Crippen LogP contribution < -0.4 is 10.1 Å². The minimum absolute atomic E-state index is 0.175. The molecule has 21 heavy (non-hydrogen) atoms. The first-order chi connectivity index (χ1) is 10.1. The molecule has 2 aromatic rings. The van der Waals surface area contributed by atoms with Gasteiger partial charge in [-0.1, -0.05) is 29.8 Å². The van der Waals surface area contributed by atoms with Crippen LogP contribution in [0.5, 0.6) is 5.75 Å². The van der Waals surface area contributed by atoms with Crippen molar-refractivity contribution in [2.45, 2.75) is 0 Å². The lowest BCUT2D eigenvalue weighted by atomic mass is 10.2. The number of para-hydroxylation sites is 2. The summed E-state index contributed by atoms with van der Waals surface area (Å²) in [5.74, 6) is -0.342. The summed E-state index contributed by atoms with van der Waals surface area (Å²) in [7, 11) is 1.51. The van der Waals surface area contributed by atoms with E-state index in [4.69, 9.17) is 16.3 Å². The van der Waals surface area contributed by atoms with Crippen molar-refractivity contribution in [2.24, 2.45) is 0 Å². The maximum atomic E-state index is 13.6. The van der Waals surface area contributed by atoms with Crippen LogP contribution in [-0.2, 0) is 4.79 Å². The molecule has 0 aliphatic rings. The van der Waals surface area contributed by atoms with Gasteiger partial charge in [0.05, 0.1) is 17.8 Å². The van der Waals surface area contributed by atoms with Crippen LogP contribution in [-0.4, -0.2) is 13.0 Å². The van der Waals surface area contributed by atoms with Crippen LogP contribution in [0.3, 0.4) is 0 Å². The molecule has 0 heterocycles. The zero-order valence-electron chi connectivity index (χ0n) is 11.3. The Bertz CT molecular complexity index is 665. The van der Waals surface area contributed by atoms with Gasteiger partial charge in [0.1, 0.15) is 11.6 Å². The van der Waals surface area contributed by atoms with E-state index >= 15 is 0 Å². The van der Waals surface area contributed by atoms with Gasteiger partial charge in [-0.25, -0.2) is 4.39 Å². The average Bonchev–Trinajstić information content (AvgIpc) is 2.47.